The van der Waals surface area contributed by atoms with E-state index in [9.17, 15) is 9.59 Å². The van der Waals surface area contributed by atoms with E-state index >= 15 is 0 Å². The summed E-state index contributed by atoms with van der Waals surface area (Å²) in [7, 11) is 0. The number of carbonyl (C=O) groups excluding carboxylic acids is 1. The maximum Gasteiger partial charge on any atom is 0.255 e. The van der Waals surface area contributed by atoms with Crippen molar-refractivity contribution in [3.05, 3.63) is 58.0 Å². The van der Waals surface area contributed by atoms with E-state index in [-0.39, 0.29) is 17.4 Å². The van der Waals surface area contributed by atoms with Crippen molar-refractivity contribution in [1.29, 1.82) is 0 Å². The summed E-state index contributed by atoms with van der Waals surface area (Å²) < 4.78 is 5.63. The second-order valence-corrected chi connectivity index (χ2v) is 5.94. The molecule has 1 aliphatic rings. The predicted octanol–water partition coefficient (Wildman–Crippen LogP) is 0.805. The lowest BCUT2D eigenvalue weighted by Gasteiger charge is -2.24. The van der Waals surface area contributed by atoms with E-state index in [1.165, 1.54) is 12.4 Å². The van der Waals surface area contributed by atoms with Crippen LogP contribution in [0.4, 0.5) is 0 Å². The van der Waals surface area contributed by atoms with Gasteiger partial charge in [0.25, 0.3) is 11.5 Å². The highest BCUT2D eigenvalue weighted by atomic mass is 16.5. The molecule has 0 radical (unpaired) electrons. The molecule has 3 rings (SSSR count). The Morgan fingerprint density at radius 2 is 2.33 bits per heavy atom. The number of aryl methyl sites for hydroxylation is 1. The molecule has 0 unspecified atom stereocenters. The Balaban J connectivity index is 1.74. The second kappa shape index (κ2) is 7.35. The summed E-state index contributed by atoms with van der Waals surface area (Å²) in [4.78, 5) is 36.9. The standard InChI is InChI=1S/C17H20N4O3/c1-12-15(3-2-4-18-12)17(23)21-5-6-24-10-13(9-21)7-14-8-16(22)20-11-19-14/h2-4,8,11,13H,5-7,9-10H2,1H3,(H,19,20,22)/t13-/m0/s1. The topological polar surface area (TPSA) is 88.2 Å². The van der Waals surface area contributed by atoms with Crippen molar-refractivity contribution in [1.82, 2.24) is 19.9 Å². The van der Waals surface area contributed by atoms with Gasteiger partial charge >= 0.3 is 0 Å². The van der Waals surface area contributed by atoms with Crippen LogP contribution < -0.4 is 5.56 Å². The Morgan fingerprint density at radius 1 is 1.46 bits per heavy atom. The van der Waals surface area contributed by atoms with Crippen LogP contribution in [0.3, 0.4) is 0 Å². The lowest BCUT2D eigenvalue weighted by molar-refractivity contribution is 0.0736. The summed E-state index contributed by atoms with van der Waals surface area (Å²) in [6.45, 7) is 4.00. The van der Waals surface area contributed by atoms with Crippen LogP contribution in [0.2, 0.25) is 0 Å². The van der Waals surface area contributed by atoms with E-state index in [2.05, 4.69) is 15.0 Å². The van der Waals surface area contributed by atoms with Crippen molar-refractivity contribution in [2.75, 3.05) is 26.3 Å². The molecular formula is C17H20N4O3. The number of hydrogen-bond donors (Lipinski definition) is 1. The van der Waals surface area contributed by atoms with Crippen LogP contribution in [-0.4, -0.2) is 52.1 Å². The summed E-state index contributed by atoms with van der Waals surface area (Å²) >= 11 is 0. The van der Waals surface area contributed by atoms with Crippen molar-refractivity contribution < 1.29 is 9.53 Å². The minimum atomic E-state index is -0.173. The first-order valence-electron chi connectivity index (χ1n) is 7.95. The second-order valence-electron chi connectivity index (χ2n) is 5.94. The van der Waals surface area contributed by atoms with E-state index in [4.69, 9.17) is 4.74 Å². The number of aromatic amines is 1. The average molecular weight is 328 g/mol. The van der Waals surface area contributed by atoms with Gasteiger partial charge in [-0.15, -0.1) is 0 Å². The first-order chi connectivity index (χ1) is 11.6. The molecule has 0 aromatic carbocycles. The molecule has 1 fully saturated rings. The third kappa shape index (κ3) is 3.86. The fourth-order valence-corrected chi connectivity index (χ4v) is 2.89. The van der Waals surface area contributed by atoms with Gasteiger partial charge in [-0.25, -0.2) is 4.98 Å². The molecule has 1 aliphatic heterocycles. The Kier molecular flexibility index (Phi) is 5.00. The molecule has 1 N–H and O–H groups in total. The lowest BCUT2D eigenvalue weighted by atomic mass is 10.0. The molecular weight excluding hydrogens is 308 g/mol. The third-order valence-electron chi connectivity index (χ3n) is 4.09. The Morgan fingerprint density at radius 3 is 3.12 bits per heavy atom. The number of pyridine rings is 1. The number of amides is 1. The molecule has 0 spiro atoms. The number of nitrogens with zero attached hydrogens (tertiary/aromatic N) is 3. The zero-order valence-corrected chi connectivity index (χ0v) is 13.6. The van der Waals surface area contributed by atoms with Gasteiger partial charge in [-0.05, 0) is 25.5 Å². The fourth-order valence-electron chi connectivity index (χ4n) is 2.89. The largest absolute Gasteiger partial charge is 0.379 e. The molecule has 0 saturated carbocycles. The van der Waals surface area contributed by atoms with Gasteiger partial charge in [0.15, 0.2) is 0 Å². The van der Waals surface area contributed by atoms with Crippen molar-refractivity contribution >= 4 is 5.91 Å². The molecule has 0 bridgehead atoms. The van der Waals surface area contributed by atoms with Crippen molar-refractivity contribution in [2.45, 2.75) is 13.3 Å². The Labute approximate surface area is 139 Å². The molecule has 1 saturated heterocycles. The maximum absolute atomic E-state index is 12.8. The van der Waals surface area contributed by atoms with Gasteiger partial charge in [0.05, 0.1) is 25.1 Å². The number of hydrogen-bond acceptors (Lipinski definition) is 5. The summed E-state index contributed by atoms with van der Waals surface area (Å²) in [5, 5.41) is 0. The molecule has 2 aromatic rings. The fraction of sp³-hybridized carbons (Fsp3) is 0.412. The maximum atomic E-state index is 12.8. The van der Waals surface area contributed by atoms with E-state index in [0.717, 1.165) is 5.69 Å². The zero-order chi connectivity index (χ0) is 16.9. The van der Waals surface area contributed by atoms with Gasteiger partial charge in [-0.3, -0.25) is 14.6 Å². The van der Waals surface area contributed by atoms with Crippen molar-refractivity contribution in [3.8, 4) is 0 Å². The van der Waals surface area contributed by atoms with Gasteiger partial charge in [0.1, 0.15) is 0 Å². The number of ether oxygens (including phenoxy) is 1. The van der Waals surface area contributed by atoms with E-state index in [1.54, 1.807) is 23.2 Å². The predicted molar refractivity (Wildman–Crippen MR) is 87.7 cm³/mol. The van der Waals surface area contributed by atoms with Gasteiger partial charge in [-0.2, -0.15) is 0 Å². The molecule has 0 aliphatic carbocycles. The Hall–Kier alpha value is -2.54. The van der Waals surface area contributed by atoms with Gasteiger partial charge in [-0.1, -0.05) is 0 Å². The highest BCUT2D eigenvalue weighted by molar-refractivity contribution is 5.95. The minimum absolute atomic E-state index is 0.0324. The van der Waals surface area contributed by atoms with E-state index in [0.29, 0.717) is 44.0 Å². The number of rotatable bonds is 3. The van der Waals surface area contributed by atoms with Gasteiger partial charge in [0, 0.05) is 42.7 Å². The normalized spacial score (nSPS) is 18.2. The minimum Gasteiger partial charge on any atom is -0.379 e. The zero-order valence-electron chi connectivity index (χ0n) is 13.6. The average Bonchev–Trinajstić information content (AvgIpc) is 2.80. The number of carbonyl (C=O) groups is 1. The summed E-state index contributed by atoms with van der Waals surface area (Å²) in [5.41, 5.74) is 1.88. The highest BCUT2D eigenvalue weighted by Gasteiger charge is 2.25. The number of nitrogens with one attached hydrogen (secondary N) is 1. The third-order valence-corrected chi connectivity index (χ3v) is 4.09. The molecule has 2 aromatic heterocycles. The highest BCUT2D eigenvalue weighted by Crippen LogP contribution is 2.15. The summed E-state index contributed by atoms with van der Waals surface area (Å²) in [6, 6.07) is 5.05. The Bertz CT molecular complexity index is 774. The van der Waals surface area contributed by atoms with Crippen LogP contribution in [0.1, 0.15) is 21.7 Å². The van der Waals surface area contributed by atoms with Crippen LogP contribution in [0, 0.1) is 12.8 Å². The molecule has 24 heavy (non-hydrogen) atoms. The lowest BCUT2D eigenvalue weighted by Crippen LogP contribution is -2.37. The van der Waals surface area contributed by atoms with Gasteiger partial charge < -0.3 is 14.6 Å². The summed E-state index contributed by atoms with van der Waals surface area (Å²) in [6.07, 6.45) is 3.68. The first kappa shape index (κ1) is 16.3. The van der Waals surface area contributed by atoms with Crippen LogP contribution in [-0.2, 0) is 11.2 Å². The first-order valence-corrected chi connectivity index (χ1v) is 7.95. The van der Waals surface area contributed by atoms with Crippen molar-refractivity contribution in [3.63, 3.8) is 0 Å². The summed E-state index contributed by atoms with van der Waals surface area (Å²) in [5.74, 6) is 0.0673. The molecule has 1 atom stereocenters. The molecule has 3 heterocycles. The number of aromatic nitrogens is 3. The molecule has 7 nitrogen and oxygen atoms in total. The number of H-pyrrole nitrogens is 1. The van der Waals surface area contributed by atoms with E-state index < -0.39 is 0 Å². The smallest absolute Gasteiger partial charge is 0.255 e. The molecule has 1 amide bonds. The quantitative estimate of drug-likeness (QED) is 0.900. The van der Waals surface area contributed by atoms with Crippen LogP contribution in [0.25, 0.3) is 0 Å². The molecule has 126 valence electrons. The van der Waals surface area contributed by atoms with Crippen molar-refractivity contribution in [2.24, 2.45) is 5.92 Å². The van der Waals surface area contributed by atoms with E-state index in [1.807, 2.05) is 6.92 Å². The van der Waals surface area contributed by atoms with Crippen LogP contribution in [0.5, 0.6) is 0 Å². The SMILES string of the molecule is Cc1ncccc1C(=O)N1CCOC[C@@H](Cc2cc(=O)[nH]cn2)C1. The monoisotopic (exact) mass is 328 g/mol. The van der Waals surface area contributed by atoms with Crippen LogP contribution in [0.15, 0.2) is 35.5 Å². The van der Waals surface area contributed by atoms with Crippen LogP contribution >= 0.6 is 0 Å². The van der Waals surface area contributed by atoms with Gasteiger partial charge in [0.2, 0.25) is 0 Å². The molecule has 7 heteroatoms.